The number of aryl methyl sites for hydroxylation is 4. The number of aromatic hydroxyl groups is 5. The van der Waals surface area contributed by atoms with Crippen LogP contribution in [0.25, 0.3) is 0 Å². The van der Waals surface area contributed by atoms with Crippen molar-refractivity contribution in [2.75, 3.05) is 99.5 Å². The molecule has 0 radical (unpaired) electrons. The molecule has 0 unspecified atom stereocenters. The largest absolute Gasteiger partial charge is 0.508 e. The second kappa shape index (κ2) is 37.8. The Hall–Kier alpha value is -8.89. The van der Waals surface area contributed by atoms with E-state index in [4.69, 9.17) is 72.2 Å². The molecule has 0 aromatic heterocycles. The number of carbonyl (C=O) groups is 3. The van der Waals surface area contributed by atoms with Gasteiger partial charge in [-0.15, -0.1) is 0 Å². The van der Waals surface area contributed by atoms with E-state index in [1.54, 1.807) is 88.6 Å². The lowest BCUT2D eigenvalue weighted by atomic mass is 10.0. The van der Waals surface area contributed by atoms with Gasteiger partial charge in [-0.1, -0.05) is 0 Å². The van der Waals surface area contributed by atoms with Crippen LogP contribution in [0, 0.1) is 41.5 Å². The third-order valence-electron chi connectivity index (χ3n) is 11.2. The maximum Gasteiger partial charge on any atom is 0.223 e. The van der Waals surface area contributed by atoms with E-state index in [1.165, 1.54) is 73.9 Å². The van der Waals surface area contributed by atoms with Crippen LogP contribution in [0.15, 0.2) is 65.9 Å². The first-order valence-corrected chi connectivity index (χ1v) is 23.9. The second-order valence-electron chi connectivity index (χ2n) is 16.2. The topological polar surface area (TPSA) is 304 Å². The van der Waals surface area contributed by atoms with Crippen LogP contribution >= 0.6 is 0 Å². The van der Waals surface area contributed by atoms with Crippen molar-refractivity contribution in [1.82, 2.24) is 0 Å². The molecular weight excluding hydrogens is 1060 g/mol. The molecule has 0 spiro atoms. The van der Waals surface area contributed by atoms with E-state index in [-0.39, 0.29) is 68.9 Å². The summed E-state index contributed by atoms with van der Waals surface area (Å²) in [6, 6.07) is 11.6. The minimum absolute atomic E-state index is 0.0744. The molecule has 0 bridgehead atoms. The third kappa shape index (κ3) is 21.0. The van der Waals surface area contributed by atoms with Crippen molar-refractivity contribution >= 4 is 17.3 Å². The Kier molecular flexibility index (Phi) is 34.7. The molecule has 0 heterocycles. The number of ketones is 3. The number of allylic oxidation sites excluding steroid dienone is 3. The van der Waals surface area contributed by atoms with Gasteiger partial charge in [0.2, 0.25) is 17.3 Å². The molecule has 0 atom stereocenters. The fourth-order valence-corrected chi connectivity index (χ4v) is 7.10. The van der Waals surface area contributed by atoms with E-state index in [0.717, 1.165) is 59.5 Å². The van der Waals surface area contributed by atoms with Crippen LogP contribution in [0.5, 0.6) is 92.0 Å². The number of rotatable bonds is 13. The number of aliphatic hydroxyl groups excluding tert-OH is 2. The molecule has 450 valence electrons. The summed E-state index contributed by atoms with van der Waals surface area (Å²) in [5, 5.41) is 61.0. The second-order valence-corrected chi connectivity index (χ2v) is 16.2. The average Bonchev–Trinajstić information content (AvgIpc) is 3.45. The first-order valence-electron chi connectivity index (χ1n) is 23.9. The number of hydrogen-bond donors (Lipinski definition) is 7. The van der Waals surface area contributed by atoms with Gasteiger partial charge in [-0.05, 0) is 114 Å². The highest BCUT2D eigenvalue weighted by molar-refractivity contribution is 6.19. The molecule has 1 aliphatic carbocycles. The van der Waals surface area contributed by atoms with Crippen LogP contribution in [0.2, 0.25) is 0 Å². The van der Waals surface area contributed by atoms with Crippen LogP contribution in [0.1, 0.15) is 57.6 Å². The summed E-state index contributed by atoms with van der Waals surface area (Å²) in [7, 11) is 20.3. The molecule has 6 rings (SSSR count). The summed E-state index contributed by atoms with van der Waals surface area (Å²) in [6.07, 6.45) is 2.49. The molecule has 0 amide bonds. The van der Waals surface area contributed by atoms with Crippen molar-refractivity contribution in [2.45, 2.75) is 55.4 Å². The van der Waals surface area contributed by atoms with Gasteiger partial charge in [0.05, 0.1) is 85.3 Å². The summed E-state index contributed by atoms with van der Waals surface area (Å²) in [4.78, 5) is 33.2. The van der Waals surface area contributed by atoms with Crippen LogP contribution in [-0.2, 0) is 14.3 Å². The molecule has 22 nitrogen and oxygen atoms in total. The van der Waals surface area contributed by atoms with Crippen molar-refractivity contribution < 1.29 is 107 Å². The number of phenols is 5. The molecule has 0 fully saturated rings. The number of phenolic OH excluding ortho intramolecular Hbond substituents is 5. The lowest BCUT2D eigenvalue weighted by molar-refractivity contribution is -0.117. The molecule has 5 aromatic rings. The molecule has 5 aromatic carbocycles. The number of ether oxygens (including phenoxy) is 12. The maximum atomic E-state index is 11.3. The average molecular weight is 1140 g/mol. The fraction of sp³-hybridized carbons (Fsp3) is 0.373. The van der Waals surface area contributed by atoms with Crippen LogP contribution in [-0.4, -0.2) is 153 Å². The van der Waals surface area contributed by atoms with Gasteiger partial charge in [-0.3, -0.25) is 14.4 Å². The van der Waals surface area contributed by atoms with Gasteiger partial charge in [0.25, 0.3) is 0 Å². The Labute approximate surface area is 474 Å². The smallest absolute Gasteiger partial charge is 0.223 e. The predicted molar refractivity (Wildman–Crippen MR) is 306 cm³/mol. The Morgan fingerprint density at radius 2 is 0.802 bits per heavy atom. The van der Waals surface area contributed by atoms with Gasteiger partial charge in [-0.2, -0.15) is 0 Å². The summed E-state index contributed by atoms with van der Waals surface area (Å²) >= 11 is 0. The Balaban J connectivity index is 0. The molecule has 7 N–H and O–H groups in total. The molecule has 0 aliphatic heterocycles. The van der Waals surface area contributed by atoms with Crippen LogP contribution < -0.4 is 52.1 Å². The number of methoxy groups -OCH3 is 12. The quantitative estimate of drug-likeness (QED) is 0.0250. The lowest BCUT2D eigenvalue weighted by Crippen LogP contribution is -2.13. The van der Waals surface area contributed by atoms with E-state index in [1.807, 2.05) is 32.9 Å². The Morgan fingerprint density at radius 1 is 0.370 bits per heavy atom. The normalized spacial score (nSPS) is 10.5. The highest BCUT2D eigenvalue weighted by Crippen LogP contribution is 2.45. The summed E-state index contributed by atoms with van der Waals surface area (Å²) < 4.78 is 60.4. The molecule has 0 saturated heterocycles. The maximum absolute atomic E-state index is 11.3. The van der Waals surface area contributed by atoms with Crippen molar-refractivity contribution in [1.29, 1.82) is 0 Å². The summed E-state index contributed by atoms with van der Waals surface area (Å²) in [5.74, 6) is 4.82. The minimum atomic E-state index is -0.301. The molecule has 1 aliphatic rings. The zero-order valence-electron chi connectivity index (χ0n) is 50.5. The zero-order chi connectivity index (χ0) is 63.0. The standard InChI is InChI=1S/C11H14O4.C11H16O3.C10H14O3.C9H12O4.C8H10O3.C8H8O3.2CH4O/c1-6-5-8(14-3)9(7(2)12)10(13)11(6)15-4;1-7-8(2)11(14-5)10(13-4)6-9(7)12-3;1-7-5-8(11-2)6-9(12-3)10(7)13-4;1-5-4-6(12-2)7(10)8(11)9(5)13-3;2*1-5-3-6(9)4-7(11-2)8(5)10;2*1-2/h5,13H,1-4H3;6H,1-5H3;5-6H,1-4H3;4,10-11H,1-3H3;3-4,9-10H,1-2H3;3-4H,1-2H3;2*2H,1H3. The Bertz CT molecular complexity index is 2890. The molecule has 81 heavy (non-hydrogen) atoms. The van der Waals surface area contributed by atoms with E-state index in [9.17, 15) is 34.8 Å². The number of aliphatic hydroxyl groups is 2. The number of Topliss-reactive ketones (excluding diaryl/α,β-unsaturated/α-hetero) is 2. The van der Waals surface area contributed by atoms with E-state index in [0.29, 0.717) is 45.4 Å². The van der Waals surface area contributed by atoms with Gasteiger partial charge in [0, 0.05) is 49.6 Å². The van der Waals surface area contributed by atoms with Gasteiger partial charge in [0.15, 0.2) is 74.8 Å². The van der Waals surface area contributed by atoms with Gasteiger partial charge < -0.3 is 92.6 Å². The van der Waals surface area contributed by atoms with Gasteiger partial charge in [0.1, 0.15) is 28.6 Å². The van der Waals surface area contributed by atoms with Crippen LogP contribution in [0.4, 0.5) is 0 Å². The first kappa shape index (κ1) is 74.2. The highest BCUT2D eigenvalue weighted by atomic mass is 16.5. The minimum Gasteiger partial charge on any atom is -0.508 e. The van der Waals surface area contributed by atoms with Crippen molar-refractivity contribution in [3.8, 4) is 92.0 Å². The number of carbonyl (C=O) groups excluding carboxylic acids is 3. The van der Waals surface area contributed by atoms with Gasteiger partial charge in [-0.25, -0.2) is 0 Å². The Morgan fingerprint density at radius 3 is 1.23 bits per heavy atom. The lowest BCUT2D eigenvalue weighted by Gasteiger charge is -2.15. The van der Waals surface area contributed by atoms with Crippen molar-refractivity contribution in [3.63, 3.8) is 0 Å². The monoisotopic (exact) mass is 1140 g/mol. The predicted octanol–water partition coefficient (Wildman–Crippen LogP) is 8.94. The first-order chi connectivity index (χ1) is 38.3. The van der Waals surface area contributed by atoms with Crippen LogP contribution in [0.3, 0.4) is 0 Å². The zero-order valence-corrected chi connectivity index (χ0v) is 50.5. The third-order valence-corrected chi connectivity index (χ3v) is 11.2. The number of benzene rings is 5. The van der Waals surface area contributed by atoms with Crippen molar-refractivity contribution in [3.05, 3.63) is 105 Å². The molecular formula is C59H82O22. The summed E-state index contributed by atoms with van der Waals surface area (Å²) in [6.45, 7) is 14.1. The van der Waals surface area contributed by atoms with E-state index >= 15 is 0 Å². The van der Waals surface area contributed by atoms with Crippen molar-refractivity contribution in [2.24, 2.45) is 0 Å². The highest BCUT2D eigenvalue weighted by Gasteiger charge is 2.21. The SMILES string of the molecule is CO.CO.COC1=CC(=O)C=C(C)C1=O.COc1cc(C)c(OC)c(O)c1C(C)=O.COc1cc(C)c(OC)c(O)c1O.COc1cc(C)c(OC)c(OC)c1.COc1cc(O)cc(C)c1O.COc1cc(OC)c(OC)c(C)c1C. The number of hydrogen-bond acceptors (Lipinski definition) is 22. The molecule has 22 heteroatoms. The molecule has 0 saturated carbocycles. The van der Waals surface area contributed by atoms with E-state index < -0.39 is 0 Å². The van der Waals surface area contributed by atoms with Gasteiger partial charge >= 0.3 is 0 Å². The van der Waals surface area contributed by atoms with E-state index in [2.05, 4.69) is 0 Å². The summed E-state index contributed by atoms with van der Waals surface area (Å²) in [5.41, 5.74) is 5.72. The fourth-order valence-electron chi connectivity index (χ4n) is 7.10.